The van der Waals surface area contributed by atoms with Gasteiger partial charge in [0, 0.05) is 7.05 Å². The molecule has 196 valence electrons. The minimum atomic E-state index is -1.43. The summed E-state index contributed by atoms with van der Waals surface area (Å²) in [6, 6.07) is 14.2. The zero-order valence-electron chi connectivity index (χ0n) is 21.0. The number of ketones is 1. The van der Waals surface area contributed by atoms with Crippen LogP contribution in [-0.2, 0) is 24.9 Å². The summed E-state index contributed by atoms with van der Waals surface area (Å²) < 4.78 is 6.47. The van der Waals surface area contributed by atoms with E-state index in [1.807, 2.05) is 6.07 Å². The number of ether oxygens (including phenoxy) is 1. The summed E-state index contributed by atoms with van der Waals surface area (Å²) >= 11 is 0. The van der Waals surface area contributed by atoms with Crippen molar-refractivity contribution in [1.29, 1.82) is 0 Å². The van der Waals surface area contributed by atoms with Crippen LogP contribution in [-0.4, -0.2) is 55.3 Å². The van der Waals surface area contributed by atoms with Crippen LogP contribution in [0.15, 0.2) is 54.6 Å². The van der Waals surface area contributed by atoms with Crippen molar-refractivity contribution in [2.45, 2.75) is 33.0 Å². The molecule has 4 rings (SSSR count). The van der Waals surface area contributed by atoms with Gasteiger partial charge in [-0.15, -0.1) is 0 Å². The Morgan fingerprint density at radius 1 is 0.974 bits per heavy atom. The minimum absolute atomic E-state index is 0.00166. The van der Waals surface area contributed by atoms with Crippen LogP contribution in [0.2, 0.25) is 0 Å². The molecule has 0 bridgehead atoms. The van der Waals surface area contributed by atoms with Crippen molar-refractivity contribution in [1.82, 2.24) is 19.8 Å². The van der Waals surface area contributed by atoms with Gasteiger partial charge in [0.1, 0.15) is 12.6 Å². The van der Waals surface area contributed by atoms with E-state index >= 15 is 0 Å². The zero-order chi connectivity index (χ0) is 27.6. The highest BCUT2D eigenvalue weighted by atomic mass is 16.5. The summed E-state index contributed by atoms with van der Waals surface area (Å²) in [6.45, 7) is 3.02. The Hall–Kier alpha value is -4.80. The van der Waals surface area contributed by atoms with E-state index in [-0.39, 0.29) is 29.3 Å². The fourth-order valence-corrected chi connectivity index (χ4v) is 4.20. The molecule has 1 aliphatic rings. The largest absolute Gasteiger partial charge is 0.476 e. The molecule has 0 fully saturated rings. The molecule has 0 aliphatic carbocycles. The standard InChI is InChI=1S/C27H26N4O7/c1-15(2)20(29-27(37)38-14-16-9-5-4-6-10-16)22(32)23-28-21(26(35)36)19(30(23)3)13-31-24(33)17-11-7-8-12-18(17)25(31)34/h4-12,15,20H,13-14H2,1-3H3,(H,29,37)(H,35,36)/t20-/m0/s1. The number of alkyl carbamates (subject to hydrolysis) is 1. The van der Waals surface area contributed by atoms with E-state index in [0.29, 0.717) is 0 Å². The van der Waals surface area contributed by atoms with Gasteiger partial charge in [-0.05, 0) is 23.6 Å². The van der Waals surface area contributed by atoms with Gasteiger partial charge in [0.2, 0.25) is 5.78 Å². The van der Waals surface area contributed by atoms with Crippen molar-refractivity contribution in [3.8, 4) is 0 Å². The van der Waals surface area contributed by atoms with E-state index in [9.17, 15) is 29.1 Å². The first kappa shape index (κ1) is 26.3. The van der Waals surface area contributed by atoms with Crippen LogP contribution in [0, 0.1) is 5.92 Å². The van der Waals surface area contributed by atoms with Crippen molar-refractivity contribution in [2.24, 2.45) is 13.0 Å². The molecule has 0 spiro atoms. The van der Waals surface area contributed by atoms with Gasteiger partial charge in [0.25, 0.3) is 11.8 Å². The molecular weight excluding hydrogens is 492 g/mol. The summed E-state index contributed by atoms with van der Waals surface area (Å²) in [5.41, 5.74) is 0.714. The Morgan fingerprint density at radius 3 is 2.11 bits per heavy atom. The quantitative estimate of drug-likeness (QED) is 0.324. The summed E-state index contributed by atoms with van der Waals surface area (Å²) in [7, 11) is 1.42. The van der Waals surface area contributed by atoms with Crippen molar-refractivity contribution in [3.63, 3.8) is 0 Å². The van der Waals surface area contributed by atoms with Gasteiger partial charge in [0.15, 0.2) is 11.5 Å². The Kier molecular flexibility index (Phi) is 7.38. The molecule has 3 aromatic rings. The lowest BCUT2D eigenvalue weighted by molar-refractivity contribution is 0.0623. The number of aromatic nitrogens is 2. The van der Waals surface area contributed by atoms with Crippen LogP contribution in [0.25, 0.3) is 0 Å². The summed E-state index contributed by atoms with van der Waals surface area (Å²) in [5.74, 6) is -3.84. The molecule has 0 saturated carbocycles. The Morgan fingerprint density at radius 2 is 1.55 bits per heavy atom. The molecule has 0 radical (unpaired) electrons. The van der Waals surface area contributed by atoms with E-state index in [0.717, 1.165) is 10.5 Å². The number of hydrogen-bond donors (Lipinski definition) is 2. The molecular formula is C27H26N4O7. The van der Waals surface area contributed by atoms with E-state index in [1.165, 1.54) is 23.7 Å². The number of aromatic carboxylic acids is 1. The molecule has 2 aromatic carbocycles. The number of benzene rings is 2. The van der Waals surface area contributed by atoms with Crippen LogP contribution >= 0.6 is 0 Å². The van der Waals surface area contributed by atoms with Crippen LogP contribution in [0.5, 0.6) is 0 Å². The van der Waals surface area contributed by atoms with Gasteiger partial charge in [0.05, 0.1) is 23.4 Å². The number of carbonyl (C=O) groups is 5. The van der Waals surface area contributed by atoms with E-state index < -0.39 is 53.9 Å². The van der Waals surface area contributed by atoms with E-state index in [2.05, 4.69) is 10.3 Å². The minimum Gasteiger partial charge on any atom is -0.476 e. The highest BCUT2D eigenvalue weighted by Gasteiger charge is 2.38. The normalized spacial score (nSPS) is 13.4. The average Bonchev–Trinajstić information content (AvgIpc) is 3.36. The highest BCUT2D eigenvalue weighted by Crippen LogP contribution is 2.26. The van der Waals surface area contributed by atoms with Crippen molar-refractivity contribution < 1.29 is 33.8 Å². The van der Waals surface area contributed by atoms with Gasteiger partial charge in [-0.25, -0.2) is 14.6 Å². The highest BCUT2D eigenvalue weighted by molar-refractivity contribution is 6.21. The van der Waals surface area contributed by atoms with Gasteiger partial charge >= 0.3 is 12.1 Å². The lowest BCUT2D eigenvalue weighted by atomic mass is 9.99. The molecule has 38 heavy (non-hydrogen) atoms. The number of Topliss-reactive ketones (excluding diaryl/α,β-unsaturated/α-hetero) is 1. The molecule has 2 heterocycles. The van der Waals surface area contributed by atoms with Crippen molar-refractivity contribution in [2.75, 3.05) is 0 Å². The van der Waals surface area contributed by atoms with Gasteiger partial charge in [-0.1, -0.05) is 56.3 Å². The first-order chi connectivity index (χ1) is 18.1. The van der Waals surface area contributed by atoms with Crippen LogP contribution < -0.4 is 5.32 Å². The first-order valence-electron chi connectivity index (χ1n) is 11.9. The average molecular weight is 519 g/mol. The lowest BCUT2D eigenvalue weighted by Crippen LogP contribution is -2.45. The number of nitrogens with zero attached hydrogens (tertiary/aromatic N) is 3. The Labute approximate surface area is 218 Å². The number of fused-ring (bicyclic) bond motifs is 1. The number of imidazole rings is 1. The SMILES string of the molecule is CC(C)[C@H](NC(=O)OCc1ccccc1)C(=O)c1nc(C(=O)O)c(CN2C(=O)c3ccccc3C2=O)n1C. The lowest BCUT2D eigenvalue weighted by Gasteiger charge is -2.21. The molecule has 11 heteroatoms. The van der Waals surface area contributed by atoms with E-state index in [1.54, 1.807) is 50.2 Å². The molecule has 1 aromatic heterocycles. The second kappa shape index (κ2) is 10.7. The summed E-state index contributed by atoms with van der Waals surface area (Å²) in [4.78, 5) is 68.5. The van der Waals surface area contributed by atoms with Crippen LogP contribution in [0.4, 0.5) is 4.79 Å². The fraction of sp³-hybridized carbons (Fsp3) is 0.259. The van der Waals surface area contributed by atoms with E-state index in [4.69, 9.17) is 4.74 Å². The predicted octanol–water partition coefficient (Wildman–Crippen LogP) is 3.05. The smallest absolute Gasteiger partial charge is 0.408 e. The summed E-state index contributed by atoms with van der Waals surface area (Å²) in [5, 5.41) is 12.3. The van der Waals surface area contributed by atoms with Crippen molar-refractivity contribution in [3.05, 3.63) is 88.5 Å². The van der Waals surface area contributed by atoms with Gasteiger partial charge < -0.3 is 19.7 Å². The molecule has 1 atom stereocenters. The molecule has 3 amide bonds. The first-order valence-corrected chi connectivity index (χ1v) is 11.9. The second-order valence-electron chi connectivity index (χ2n) is 9.13. The number of imide groups is 1. The monoisotopic (exact) mass is 518 g/mol. The third-order valence-corrected chi connectivity index (χ3v) is 6.26. The molecule has 0 saturated heterocycles. The Bertz CT molecular complexity index is 1390. The number of carboxylic acid groups (broad SMARTS) is 1. The third-order valence-electron chi connectivity index (χ3n) is 6.26. The van der Waals surface area contributed by atoms with Gasteiger partial charge in [-0.2, -0.15) is 0 Å². The molecule has 0 unspecified atom stereocenters. The maximum Gasteiger partial charge on any atom is 0.408 e. The zero-order valence-corrected chi connectivity index (χ0v) is 21.0. The maximum atomic E-state index is 13.5. The third kappa shape index (κ3) is 5.03. The number of hydrogen-bond acceptors (Lipinski definition) is 7. The fourth-order valence-electron chi connectivity index (χ4n) is 4.20. The topological polar surface area (TPSA) is 148 Å². The second-order valence-corrected chi connectivity index (χ2v) is 9.13. The number of rotatable bonds is 9. The van der Waals surface area contributed by atoms with Crippen molar-refractivity contribution >= 4 is 29.7 Å². The molecule has 1 aliphatic heterocycles. The number of carboxylic acids is 1. The maximum absolute atomic E-state index is 13.5. The number of nitrogens with one attached hydrogen (secondary N) is 1. The number of carbonyl (C=O) groups excluding carboxylic acids is 4. The Balaban J connectivity index is 1.57. The van der Waals surface area contributed by atoms with Crippen LogP contribution in [0.1, 0.15) is 66.9 Å². The molecule has 2 N–H and O–H groups in total. The van der Waals surface area contributed by atoms with Crippen LogP contribution in [0.3, 0.4) is 0 Å². The van der Waals surface area contributed by atoms with Gasteiger partial charge in [-0.3, -0.25) is 19.3 Å². The predicted molar refractivity (Wildman–Crippen MR) is 134 cm³/mol. The number of amides is 3. The molecule has 11 nitrogen and oxygen atoms in total. The summed E-state index contributed by atoms with van der Waals surface area (Å²) in [6.07, 6.45) is -0.820.